The van der Waals surface area contributed by atoms with Crippen molar-refractivity contribution in [3.05, 3.63) is 71.5 Å². The molecule has 0 unspecified atom stereocenters. The van der Waals surface area contributed by atoms with Gasteiger partial charge in [-0.15, -0.1) is 0 Å². The third-order valence-electron chi connectivity index (χ3n) is 4.57. The SMILES string of the molecule is NC[C@@H]1CN(C(=O)Cc2cccc(F)c2)C[C@H]1c1ccccc1. The molecule has 1 aliphatic heterocycles. The summed E-state index contributed by atoms with van der Waals surface area (Å²) in [6.45, 7) is 1.91. The first kappa shape index (κ1) is 15.7. The van der Waals surface area contributed by atoms with Gasteiger partial charge in [0.15, 0.2) is 0 Å². The smallest absolute Gasteiger partial charge is 0.227 e. The Labute approximate surface area is 135 Å². The van der Waals surface area contributed by atoms with Crippen molar-refractivity contribution < 1.29 is 9.18 Å². The summed E-state index contributed by atoms with van der Waals surface area (Å²) in [6.07, 6.45) is 0.233. The summed E-state index contributed by atoms with van der Waals surface area (Å²) in [4.78, 5) is 14.4. The van der Waals surface area contributed by atoms with E-state index >= 15 is 0 Å². The van der Waals surface area contributed by atoms with Gasteiger partial charge in [0.05, 0.1) is 6.42 Å². The van der Waals surface area contributed by atoms with Gasteiger partial charge in [0.2, 0.25) is 5.91 Å². The number of carbonyl (C=O) groups is 1. The lowest BCUT2D eigenvalue weighted by molar-refractivity contribution is -0.129. The van der Waals surface area contributed by atoms with Crippen molar-refractivity contribution in [2.45, 2.75) is 12.3 Å². The van der Waals surface area contributed by atoms with Crippen LogP contribution in [0.3, 0.4) is 0 Å². The quantitative estimate of drug-likeness (QED) is 0.943. The molecule has 4 heteroatoms. The zero-order valence-corrected chi connectivity index (χ0v) is 13.0. The molecular weight excluding hydrogens is 291 g/mol. The van der Waals surface area contributed by atoms with Gasteiger partial charge >= 0.3 is 0 Å². The molecule has 1 saturated heterocycles. The number of likely N-dealkylation sites (tertiary alicyclic amines) is 1. The van der Waals surface area contributed by atoms with Crippen molar-refractivity contribution in [1.29, 1.82) is 0 Å². The van der Waals surface area contributed by atoms with E-state index in [0.717, 1.165) is 0 Å². The average Bonchev–Trinajstić information content (AvgIpc) is 3.00. The van der Waals surface area contributed by atoms with E-state index in [0.29, 0.717) is 25.2 Å². The highest BCUT2D eigenvalue weighted by atomic mass is 19.1. The van der Waals surface area contributed by atoms with Gasteiger partial charge in [-0.1, -0.05) is 42.5 Å². The molecule has 0 radical (unpaired) electrons. The molecule has 2 atom stereocenters. The summed E-state index contributed by atoms with van der Waals surface area (Å²) in [6, 6.07) is 16.4. The minimum absolute atomic E-state index is 0.0347. The summed E-state index contributed by atoms with van der Waals surface area (Å²) >= 11 is 0. The van der Waals surface area contributed by atoms with Gasteiger partial charge in [0.25, 0.3) is 0 Å². The van der Waals surface area contributed by atoms with Gasteiger partial charge in [0, 0.05) is 19.0 Å². The van der Waals surface area contributed by atoms with Gasteiger partial charge in [-0.3, -0.25) is 4.79 Å². The zero-order valence-electron chi connectivity index (χ0n) is 13.0. The molecule has 1 aliphatic rings. The van der Waals surface area contributed by atoms with Crippen molar-refractivity contribution in [2.24, 2.45) is 11.7 Å². The first-order valence-electron chi connectivity index (χ1n) is 7.94. The number of benzene rings is 2. The monoisotopic (exact) mass is 312 g/mol. The second-order valence-electron chi connectivity index (χ2n) is 6.12. The number of hydrogen-bond acceptors (Lipinski definition) is 2. The molecule has 3 rings (SSSR count). The molecule has 1 amide bonds. The number of rotatable bonds is 4. The maximum Gasteiger partial charge on any atom is 0.227 e. The summed E-state index contributed by atoms with van der Waals surface area (Å²) in [5.41, 5.74) is 7.85. The molecule has 1 fully saturated rings. The third-order valence-corrected chi connectivity index (χ3v) is 4.57. The fourth-order valence-corrected chi connectivity index (χ4v) is 3.32. The van der Waals surface area contributed by atoms with Crippen LogP contribution in [0.4, 0.5) is 4.39 Å². The predicted octanol–water partition coefficient (Wildman–Crippen LogP) is 2.57. The molecule has 2 aromatic rings. The van der Waals surface area contributed by atoms with Gasteiger partial charge in [-0.25, -0.2) is 4.39 Å². The van der Waals surface area contributed by atoms with E-state index in [1.807, 2.05) is 23.1 Å². The van der Waals surface area contributed by atoms with Crippen molar-refractivity contribution in [1.82, 2.24) is 4.90 Å². The van der Waals surface area contributed by atoms with Gasteiger partial charge < -0.3 is 10.6 Å². The molecule has 0 spiro atoms. The van der Waals surface area contributed by atoms with Crippen molar-refractivity contribution in [2.75, 3.05) is 19.6 Å². The molecule has 2 N–H and O–H groups in total. The molecular formula is C19H21FN2O. The van der Waals surface area contributed by atoms with Crippen LogP contribution in [-0.4, -0.2) is 30.4 Å². The number of nitrogens with two attached hydrogens (primary N) is 1. The Kier molecular flexibility index (Phi) is 4.72. The lowest BCUT2D eigenvalue weighted by atomic mass is 9.89. The van der Waals surface area contributed by atoms with E-state index in [1.54, 1.807) is 12.1 Å². The lowest BCUT2D eigenvalue weighted by Crippen LogP contribution is -2.31. The van der Waals surface area contributed by atoms with Crippen LogP contribution in [0.2, 0.25) is 0 Å². The molecule has 0 bridgehead atoms. The Balaban J connectivity index is 1.70. The number of nitrogens with zero attached hydrogens (tertiary/aromatic N) is 1. The Hall–Kier alpha value is -2.20. The molecule has 0 saturated carbocycles. The minimum atomic E-state index is -0.307. The summed E-state index contributed by atoms with van der Waals surface area (Å²) < 4.78 is 13.3. The van der Waals surface area contributed by atoms with E-state index in [9.17, 15) is 9.18 Å². The van der Waals surface area contributed by atoms with E-state index in [-0.39, 0.29) is 30.0 Å². The van der Waals surface area contributed by atoms with Crippen LogP contribution in [0.1, 0.15) is 17.0 Å². The zero-order chi connectivity index (χ0) is 16.2. The second kappa shape index (κ2) is 6.92. The topological polar surface area (TPSA) is 46.3 Å². The highest BCUT2D eigenvalue weighted by Gasteiger charge is 2.35. The largest absolute Gasteiger partial charge is 0.341 e. The van der Waals surface area contributed by atoms with Crippen molar-refractivity contribution in [3.63, 3.8) is 0 Å². The Morgan fingerprint density at radius 2 is 1.91 bits per heavy atom. The normalized spacial score (nSPS) is 20.7. The maximum atomic E-state index is 13.3. The van der Waals surface area contributed by atoms with Gasteiger partial charge in [-0.05, 0) is 35.7 Å². The summed E-state index contributed by atoms with van der Waals surface area (Å²) in [5, 5.41) is 0. The predicted molar refractivity (Wildman–Crippen MR) is 88.4 cm³/mol. The highest BCUT2D eigenvalue weighted by Crippen LogP contribution is 2.32. The first-order chi connectivity index (χ1) is 11.2. The number of halogens is 1. The summed E-state index contributed by atoms with van der Waals surface area (Å²) in [5.74, 6) is 0.276. The third kappa shape index (κ3) is 3.59. The van der Waals surface area contributed by atoms with Crippen LogP contribution < -0.4 is 5.73 Å². The highest BCUT2D eigenvalue weighted by molar-refractivity contribution is 5.79. The molecule has 1 heterocycles. The van der Waals surface area contributed by atoms with Crippen LogP contribution in [0.5, 0.6) is 0 Å². The Morgan fingerprint density at radius 3 is 2.61 bits per heavy atom. The minimum Gasteiger partial charge on any atom is -0.341 e. The molecule has 0 aromatic heterocycles. The van der Waals surface area contributed by atoms with E-state index in [1.165, 1.54) is 17.7 Å². The van der Waals surface area contributed by atoms with Crippen molar-refractivity contribution in [3.8, 4) is 0 Å². The van der Waals surface area contributed by atoms with Gasteiger partial charge in [0.1, 0.15) is 5.82 Å². The molecule has 23 heavy (non-hydrogen) atoms. The molecule has 3 nitrogen and oxygen atoms in total. The number of carbonyl (C=O) groups excluding carboxylic acids is 1. The van der Waals surface area contributed by atoms with Crippen LogP contribution in [0.25, 0.3) is 0 Å². The summed E-state index contributed by atoms with van der Waals surface area (Å²) in [7, 11) is 0. The van der Waals surface area contributed by atoms with Gasteiger partial charge in [-0.2, -0.15) is 0 Å². The Bertz CT molecular complexity index is 674. The average molecular weight is 312 g/mol. The van der Waals surface area contributed by atoms with E-state index in [4.69, 9.17) is 5.73 Å². The molecule has 2 aromatic carbocycles. The first-order valence-corrected chi connectivity index (χ1v) is 7.94. The van der Waals surface area contributed by atoms with E-state index in [2.05, 4.69) is 12.1 Å². The van der Waals surface area contributed by atoms with Crippen LogP contribution >= 0.6 is 0 Å². The lowest BCUT2D eigenvalue weighted by Gasteiger charge is -2.17. The second-order valence-corrected chi connectivity index (χ2v) is 6.12. The number of amides is 1. The van der Waals surface area contributed by atoms with Crippen LogP contribution in [-0.2, 0) is 11.2 Å². The van der Waals surface area contributed by atoms with Crippen LogP contribution in [0, 0.1) is 11.7 Å². The maximum absolute atomic E-state index is 13.3. The van der Waals surface area contributed by atoms with E-state index < -0.39 is 0 Å². The molecule has 120 valence electrons. The fourth-order valence-electron chi connectivity index (χ4n) is 3.32. The standard InChI is InChI=1S/C19H21FN2O/c20-17-8-4-5-14(9-17)10-19(23)22-12-16(11-21)18(13-22)15-6-2-1-3-7-15/h1-9,16,18H,10-13,21H2/t16-,18+/m1/s1. The van der Waals surface area contributed by atoms with Crippen LogP contribution in [0.15, 0.2) is 54.6 Å². The Morgan fingerprint density at radius 1 is 1.13 bits per heavy atom. The fraction of sp³-hybridized carbons (Fsp3) is 0.316. The number of hydrogen-bond donors (Lipinski definition) is 1. The van der Waals surface area contributed by atoms with Crippen molar-refractivity contribution >= 4 is 5.91 Å². The molecule has 0 aliphatic carbocycles.